The topological polar surface area (TPSA) is 59.1 Å². The number of nitrogens with two attached hydrogens (primary N) is 1. The van der Waals surface area contributed by atoms with Gasteiger partial charge < -0.3 is 10.5 Å². The van der Waals surface area contributed by atoms with Crippen molar-refractivity contribution in [1.82, 2.24) is 0 Å². The first-order chi connectivity index (χ1) is 8.65. The molecular formula is C14H13BrN2O. The summed E-state index contributed by atoms with van der Waals surface area (Å²) in [5.74, 6) is 0.872. The minimum atomic E-state index is 0.0688. The van der Waals surface area contributed by atoms with Gasteiger partial charge in [-0.05, 0) is 29.8 Å². The summed E-state index contributed by atoms with van der Waals surface area (Å²) in [6.45, 7) is 0.456. The van der Waals surface area contributed by atoms with E-state index >= 15 is 0 Å². The van der Waals surface area contributed by atoms with Gasteiger partial charge in [0.2, 0.25) is 0 Å². The van der Waals surface area contributed by atoms with E-state index in [0.29, 0.717) is 12.2 Å². The van der Waals surface area contributed by atoms with Crippen molar-refractivity contribution in [2.24, 2.45) is 5.73 Å². The minimum absolute atomic E-state index is 0.0688. The van der Waals surface area contributed by atoms with Crippen LogP contribution in [0, 0.1) is 5.41 Å². The lowest BCUT2D eigenvalue weighted by Gasteiger charge is -2.07. The van der Waals surface area contributed by atoms with E-state index in [-0.39, 0.29) is 5.84 Å². The van der Waals surface area contributed by atoms with Crippen molar-refractivity contribution in [2.45, 2.75) is 6.61 Å². The highest BCUT2D eigenvalue weighted by Gasteiger charge is 2.00. The van der Waals surface area contributed by atoms with Crippen molar-refractivity contribution >= 4 is 21.8 Å². The van der Waals surface area contributed by atoms with E-state index < -0.39 is 0 Å². The third-order valence-corrected chi connectivity index (χ3v) is 2.93. The average molecular weight is 305 g/mol. The molecule has 0 bridgehead atoms. The Balaban J connectivity index is 2.06. The lowest BCUT2D eigenvalue weighted by atomic mass is 10.1. The zero-order valence-corrected chi connectivity index (χ0v) is 11.3. The number of nitrogens with one attached hydrogen (secondary N) is 1. The Hall–Kier alpha value is -1.81. The second-order valence-corrected chi connectivity index (χ2v) is 4.78. The molecule has 18 heavy (non-hydrogen) atoms. The molecule has 0 spiro atoms. The van der Waals surface area contributed by atoms with Crippen molar-refractivity contribution in [2.75, 3.05) is 0 Å². The van der Waals surface area contributed by atoms with E-state index in [4.69, 9.17) is 15.9 Å². The molecule has 0 aliphatic heterocycles. The summed E-state index contributed by atoms with van der Waals surface area (Å²) in [7, 11) is 0. The van der Waals surface area contributed by atoms with Gasteiger partial charge in [-0.2, -0.15) is 0 Å². The molecule has 0 aliphatic carbocycles. The molecule has 2 rings (SSSR count). The molecule has 0 unspecified atom stereocenters. The number of benzene rings is 2. The fourth-order valence-electron chi connectivity index (χ4n) is 1.55. The lowest BCUT2D eigenvalue weighted by molar-refractivity contribution is 0.306. The normalized spacial score (nSPS) is 10.1. The fourth-order valence-corrected chi connectivity index (χ4v) is 1.93. The Morgan fingerprint density at radius 2 is 1.94 bits per heavy atom. The second-order valence-electron chi connectivity index (χ2n) is 3.86. The van der Waals surface area contributed by atoms with Crippen LogP contribution in [0.4, 0.5) is 0 Å². The highest BCUT2D eigenvalue weighted by molar-refractivity contribution is 9.10. The number of rotatable bonds is 4. The van der Waals surface area contributed by atoms with Crippen LogP contribution in [0.25, 0.3) is 0 Å². The zero-order chi connectivity index (χ0) is 13.0. The van der Waals surface area contributed by atoms with Crippen LogP contribution in [0.5, 0.6) is 5.75 Å². The molecule has 2 aromatic rings. The monoisotopic (exact) mass is 304 g/mol. The van der Waals surface area contributed by atoms with Crippen LogP contribution < -0.4 is 10.5 Å². The van der Waals surface area contributed by atoms with E-state index in [1.807, 2.05) is 48.5 Å². The standard InChI is InChI=1S/C14H13BrN2O/c15-12-5-2-6-13(8-12)18-9-10-3-1-4-11(7-10)14(16)17/h1-8H,9H2,(H3,16,17). The Morgan fingerprint density at radius 3 is 2.67 bits per heavy atom. The summed E-state index contributed by atoms with van der Waals surface area (Å²) >= 11 is 3.39. The number of hydrogen-bond donors (Lipinski definition) is 2. The van der Waals surface area contributed by atoms with Gasteiger partial charge in [-0.3, -0.25) is 5.41 Å². The maximum Gasteiger partial charge on any atom is 0.122 e. The van der Waals surface area contributed by atoms with Gasteiger partial charge in [0, 0.05) is 10.0 Å². The summed E-state index contributed by atoms with van der Waals surface area (Å²) < 4.78 is 6.65. The average Bonchev–Trinajstić information content (AvgIpc) is 2.37. The van der Waals surface area contributed by atoms with E-state index in [9.17, 15) is 0 Å². The number of halogens is 1. The maximum atomic E-state index is 7.39. The van der Waals surface area contributed by atoms with Crippen LogP contribution in [0.15, 0.2) is 53.0 Å². The Morgan fingerprint density at radius 1 is 1.17 bits per heavy atom. The largest absolute Gasteiger partial charge is 0.489 e. The van der Waals surface area contributed by atoms with Crippen LogP contribution in [0.1, 0.15) is 11.1 Å². The molecule has 0 aromatic heterocycles. The molecule has 3 nitrogen and oxygen atoms in total. The molecule has 0 heterocycles. The first-order valence-corrected chi connectivity index (χ1v) is 6.26. The maximum absolute atomic E-state index is 7.39. The molecule has 0 saturated heterocycles. The van der Waals surface area contributed by atoms with E-state index in [1.165, 1.54) is 0 Å². The van der Waals surface area contributed by atoms with Crippen molar-refractivity contribution in [3.63, 3.8) is 0 Å². The van der Waals surface area contributed by atoms with Gasteiger partial charge in [0.05, 0.1) is 0 Å². The van der Waals surface area contributed by atoms with Crippen LogP contribution in [-0.4, -0.2) is 5.84 Å². The Kier molecular flexibility index (Phi) is 3.99. The highest BCUT2D eigenvalue weighted by Crippen LogP contribution is 2.19. The van der Waals surface area contributed by atoms with Crippen LogP contribution >= 0.6 is 15.9 Å². The van der Waals surface area contributed by atoms with Gasteiger partial charge in [-0.25, -0.2) is 0 Å². The second kappa shape index (κ2) is 5.69. The minimum Gasteiger partial charge on any atom is -0.489 e. The predicted molar refractivity (Wildman–Crippen MR) is 75.9 cm³/mol. The summed E-state index contributed by atoms with van der Waals surface area (Å²) in [6, 6.07) is 15.2. The van der Waals surface area contributed by atoms with Gasteiger partial charge >= 0.3 is 0 Å². The molecule has 0 saturated carbocycles. The summed E-state index contributed by atoms with van der Waals surface area (Å²) in [5.41, 5.74) is 7.15. The molecule has 0 fully saturated rings. The SMILES string of the molecule is N=C(N)c1cccc(COc2cccc(Br)c2)c1. The number of ether oxygens (including phenoxy) is 1. The number of hydrogen-bond acceptors (Lipinski definition) is 2. The van der Waals surface area contributed by atoms with Crippen molar-refractivity contribution in [3.8, 4) is 5.75 Å². The molecule has 3 N–H and O–H groups in total. The van der Waals surface area contributed by atoms with Crippen LogP contribution in [0.3, 0.4) is 0 Å². The molecule has 0 radical (unpaired) electrons. The predicted octanol–water partition coefficient (Wildman–Crippen LogP) is 3.31. The van der Waals surface area contributed by atoms with Gasteiger partial charge in [0.1, 0.15) is 18.2 Å². The third kappa shape index (κ3) is 3.34. The molecule has 2 aromatic carbocycles. The summed E-state index contributed by atoms with van der Waals surface area (Å²) in [4.78, 5) is 0. The highest BCUT2D eigenvalue weighted by atomic mass is 79.9. The first-order valence-electron chi connectivity index (χ1n) is 5.47. The number of nitrogen functional groups attached to an aromatic ring is 1. The van der Waals surface area contributed by atoms with E-state index in [0.717, 1.165) is 15.8 Å². The van der Waals surface area contributed by atoms with Crippen LogP contribution in [0.2, 0.25) is 0 Å². The van der Waals surface area contributed by atoms with Crippen molar-refractivity contribution < 1.29 is 4.74 Å². The Bertz CT molecular complexity index is 569. The smallest absolute Gasteiger partial charge is 0.122 e. The molecule has 92 valence electrons. The van der Waals surface area contributed by atoms with Gasteiger partial charge in [0.25, 0.3) is 0 Å². The lowest BCUT2D eigenvalue weighted by Crippen LogP contribution is -2.11. The first kappa shape index (κ1) is 12.6. The van der Waals surface area contributed by atoms with E-state index in [2.05, 4.69) is 15.9 Å². The Labute approximate surface area is 114 Å². The molecule has 4 heteroatoms. The van der Waals surface area contributed by atoms with Gasteiger partial charge in [-0.1, -0.05) is 40.2 Å². The fraction of sp³-hybridized carbons (Fsp3) is 0.0714. The number of amidine groups is 1. The van der Waals surface area contributed by atoms with E-state index in [1.54, 1.807) is 0 Å². The van der Waals surface area contributed by atoms with Gasteiger partial charge in [-0.15, -0.1) is 0 Å². The quantitative estimate of drug-likeness (QED) is 0.672. The third-order valence-electron chi connectivity index (χ3n) is 2.44. The van der Waals surface area contributed by atoms with Crippen LogP contribution in [-0.2, 0) is 6.61 Å². The summed E-state index contributed by atoms with van der Waals surface area (Å²) in [6.07, 6.45) is 0. The molecule has 0 amide bonds. The van der Waals surface area contributed by atoms with Gasteiger partial charge in [0.15, 0.2) is 0 Å². The molecule has 0 atom stereocenters. The molecular weight excluding hydrogens is 292 g/mol. The molecule has 0 aliphatic rings. The van der Waals surface area contributed by atoms with Crippen molar-refractivity contribution in [3.05, 3.63) is 64.1 Å². The zero-order valence-electron chi connectivity index (χ0n) is 9.69. The summed E-state index contributed by atoms with van der Waals surface area (Å²) in [5, 5.41) is 7.39. The van der Waals surface area contributed by atoms with Crippen molar-refractivity contribution in [1.29, 1.82) is 5.41 Å².